The summed E-state index contributed by atoms with van der Waals surface area (Å²) in [6.45, 7) is 2.84. The molecule has 112 valence electrons. The first-order valence-electron chi connectivity index (χ1n) is 8.16. The molecule has 3 heteroatoms. The van der Waals surface area contributed by atoms with Crippen LogP contribution >= 0.6 is 0 Å². The molecule has 1 aliphatic heterocycles. The van der Waals surface area contributed by atoms with Crippen LogP contribution in [0.15, 0.2) is 24.3 Å². The smallest absolute Gasteiger partial charge is 0.261 e. The molecule has 0 spiro atoms. The lowest BCUT2D eigenvalue weighted by molar-refractivity contribution is 0.0609. The molecule has 2 aliphatic rings. The van der Waals surface area contributed by atoms with Crippen molar-refractivity contribution in [3.63, 3.8) is 0 Å². The second-order valence-corrected chi connectivity index (χ2v) is 6.44. The van der Waals surface area contributed by atoms with Crippen LogP contribution in [-0.4, -0.2) is 23.3 Å². The fourth-order valence-corrected chi connectivity index (χ4v) is 3.77. The quantitative estimate of drug-likeness (QED) is 0.787. The number of fused-ring (bicyclic) bond motifs is 1. The Morgan fingerprint density at radius 3 is 2.00 bits per heavy atom. The van der Waals surface area contributed by atoms with Crippen molar-refractivity contribution in [1.82, 2.24) is 4.90 Å². The van der Waals surface area contributed by atoms with E-state index in [1.807, 2.05) is 12.1 Å². The number of imide groups is 1. The maximum atomic E-state index is 12.4. The number of carbonyl (C=O) groups excluding carboxylic acids is 2. The Morgan fingerprint density at radius 1 is 0.952 bits per heavy atom. The zero-order chi connectivity index (χ0) is 14.8. The molecule has 0 bridgehead atoms. The lowest BCUT2D eigenvalue weighted by atomic mass is 9.80. The van der Waals surface area contributed by atoms with Crippen molar-refractivity contribution in [2.75, 3.05) is 6.54 Å². The van der Waals surface area contributed by atoms with Crippen LogP contribution < -0.4 is 0 Å². The SMILES string of the molecule is CCC[C@H]1CC[C@H](CN2C(=O)c3ccccc3C2=O)CC1. The zero-order valence-electron chi connectivity index (χ0n) is 12.7. The summed E-state index contributed by atoms with van der Waals surface area (Å²) >= 11 is 0. The summed E-state index contributed by atoms with van der Waals surface area (Å²) < 4.78 is 0. The Kier molecular flexibility index (Phi) is 4.09. The Labute approximate surface area is 126 Å². The van der Waals surface area contributed by atoms with Crippen molar-refractivity contribution in [2.24, 2.45) is 11.8 Å². The summed E-state index contributed by atoms with van der Waals surface area (Å²) in [4.78, 5) is 26.2. The van der Waals surface area contributed by atoms with E-state index in [9.17, 15) is 9.59 Å². The van der Waals surface area contributed by atoms with Gasteiger partial charge in [-0.3, -0.25) is 14.5 Å². The van der Waals surface area contributed by atoms with E-state index < -0.39 is 0 Å². The third kappa shape index (κ3) is 2.74. The molecule has 3 rings (SSSR count). The average Bonchev–Trinajstić information content (AvgIpc) is 2.75. The van der Waals surface area contributed by atoms with Gasteiger partial charge < -0.3 is 0 Å². The van der Waals surface area contributed by atoms with Gasteiger partial charge in [0.15, 0.2) is 0 Å². The van der Waals surface area contributed by atoms with Gasteiger partial charge in [-0.25, -0.2) is 0 Å². The van der Waals surface area contributed by atoms with Gasteiger partial charge in [0, 0.05) is 6.54 Å². The predicted molar refractivity (Wildman–Crippen MR) is 82.2 cm³/mol. The van der Waals surface area contributed by atoms with Gasteiger partial charge in [-0.2, -0.15) is 0 Å². The standard InChI is InChI=1S/C18H23NO2/c1-2-5-13-8-10-14(11-9-13)12-19-17(20)15-6-3-4-7-16(15)18(19)21/h3-4,6-7,13-14H,2,5,8-12H2,1H3/t13-,14-. The summed E-state index contributed by atoms with van der Waals surface area (Å²) in [6, 6.07) is 7.16. The number of hydrogen-bond acceptors (Lipinski definition) is 2. The first kappa shape index (κ1) is 14.3. The Morgan fingerprint density at radius 2 is 1.48 bits per heavy atom. The Hall–Kier alpha value is -1.64. The van der Waals surface area contributed by atoms with E-state index in [0.717, 1.165) is 18.8 Å². The van der Waals surface area contributed by atoms with Crippen molar-refractivity contribution in [1.29, 1.82) is 0 Å². The van der Waals surface area contributed by atoms with E-state index in [1.54, 1.807) is 12.1 Å². The molecular formula is C18H23NO2. The maximum Gasteiger partial charge on any atom is 0.261 e. The van der Waals surface area contributed by atoms with Crippen LogP contribution in [0.1, 0.15) is 66.2 Å². The summed E-state index contributed by atoms with van der Waals surface area (Å²) in [5.74, 6) is 1.13. The van der Waals surface area contributed by atoms with Gasteiger partial charge in [-0.1, -0.05) is 44.7 Å². The van der Waals surface area contributed by atoms with Gasteiger partial charge in [0.05, 0.1) is 11.1 Å². The molecule has 2 amide bonds. The van der Waals surface area contributed by atoms with Crippen molar-refractivity contribution in [2.45, 2.75) is 45.4 Å². The molecule has 0 atom stereocenters. The minimum Gasteiger partial charge on any atom is -0.274 e. The third-order valence-corrected chi connectivity index (χ3v) is 4.98. The summed E-state index contributed by atoms with van der Waals surface area (Å²) in [6.07, 6.45) is 7.38. The highest BCUT2D eigenvalue weighted by molar-refractivity contribution is 6.21. The molecule has 0 aromatic heterocycles. The van der Waals surface area contributed by atoms with Gasteiger partial charge in [0.25, 0.3) is 11.8 Å². The van der Waals surface area contributed by atoms with E-state index >= 15 is 0 Å². The van der Waals surface area contributed by atoms with Gasteiger partial charge in [-0.05, 0) is 36.8 Å². The molecule has 1 aromatic rings. The molecule has 1 heterocycles. The maximum absolute atomic E-state index is 12.4. The molecule has 0 radical (unpaired) electrons. The highest BCUT2D eigenvalue weighted by atomic mass is 16.2. The molecule has 1 aromatic carbocycles. The van der Waals surface area contributed by atoms with Gasteiger partial charge in [-0.15, -0.1) is 0 Å². The summed E-state index contributed by atoms with van der Waals surface area (Å²) in [5, 5.41) is 0. The van der Waals surface area contributed by atoms with Crippen molar-refractivity contribution >= 4 is 11.8 Å². The predicted octanol–water partition coefficient (Wildman–Crippen LogP) is 3.89. The van der Waals surface area contributed by atoms with Crippen LogP contribution in [0.4, 0.5) is 0 Å². The van der Waals surface area contributed by atoms with Crippen LogP contribution in [0.3, 0.4) is 0 Å². The van der Waals surface area contributed by atoms with E-state index in [2.05, 4.69) is 6.92 Å². The molecule has 1 fully saturated rings. The Balaban J connectivity index is 1.63. The minimum atomic E-state index is -0.105. The lowest BCUT2D eigenvalue weighted by Gasteiger charge is -2.30. The van der Waals surface area contributed by atoms with Crippen molar-refractivity contribution in [3.8, 4) is 0 Å². The third-order valence-electron chi connectivity index (χ3n) is 4.98. The topological polar surface area (TPSA) is 37.4 Å². The molecular weight excluding hydrogens is 262 g/mol. The number of hydrogen-bond donors (Lipinski definition) is 0. The van der Waals surface area contributed by atoms with E-state index in [1.165, 1.54) is 30.6 Å². The number of benzene rings is 1. The van der Waals surface area contributed by atoms with Crippen LogP contribution in [0.25, 0.3) is 0 Å². The van der Waals surface area contributed by atoms with Gasteiger partial charge >= 0.3 is 0 Å². The fourth-order valence-electron chi connectivity index (χ4n) is 3.77. The van der Waals surface area contributed by atoms with Crippen LogP contribution in [0, 0.1) is 11.8 Å². The Bertz CT molecular complexity index is 509. The van der Waals surface area contributed by atoms with Gasteiger partial charge in [0.2, 0.25) is 0 Å². The number of carbonyl (C=O) groups is 2. The largest absolute Gasteiger partial charge is 0.274 e. The lowest BCUT2D eigenvalue weighted by Crippen LogP contribution is -2.35. The van der Waals surface area contributed by atoms with E-state index in [4.69, 9.17) is 0 Å². The number of nitrogens with zero attached hydrogens (tertiary/aromatic N) is 1. The molecule has 0 unspecified atom stereocenters. The molecule has 21 heavy (non-hydrogen) atoms. The minimum absolute atomic E-state index is 0.105. The van der Waals surface area contributed by atoms with E-state index in [0.29, 0.717) is 23.6 Å². The molecule has 0 saturated heterocycles. The van der Waals surface area contributed by atoms with Gasteiger partial charge in [0.1, 0.15) is 0 Å². The summed E-state index contributed by atoms with van der Waals surface area (Å²) in [7, 11) is 0. The fraction of sp³-hybridized carbons (Fsp3) is 0.556. The normalized spacial score (nSPS) is 25.3. The average molecular weight is 285 g/mol. The van der Waals surface area contributed by atoms with Crippen molar-refractivity contribution in [3.05, 3.63) is 35.4 Å². The second-order valence-electron chi connectivity index (χ2n) is 6.44. The zero-order valence-corrected chi connectivity index (χ0v) is 12.7. The molecule has 1 saturated carbocycles. The molecule has 3 nitrogen and oxygen atoms in total. The highest BCUT2D eigenvalue weighted by Gasteiger charge is 2.36. The number of amides is 2. The van der Waals surface area contributed by atoms with E-state index in [-0.39, 0.29) is 11.8 Å². The molecule has 0 N–H and O–H groups in total. The van der Waals surface area contributed by atoms with Crippen LogP contribution in [0.2, 0.25) is 0 Å². The molecule has 1 aliphatic carbocycles. The van der Waals surface area contributed by atoms with Crippen LogP contribution in [-0.2, 0) is 0 Å². The highest BCUT2D eigenvalue weighted by Crippen LogP contribution is 2.33. The van der Waals surface area contributed by atoms with Crippen LogP contribution in [0.5, 0.6) is 0 Å². The number of rotatable bonds is 4. The first-order chi connectivity index (χ1) is 10.2. The summed E-state index contributed by atoms with van der Waals surface area (Å²) in [5.41, 5.74) is 1.14. The first-order valence-corrected chi connectivity index (χ1v) is 8.16. The van der Waals surface area contributed by atoms with Crippen molar-refractivity contribution < 1.29 is 9.59 Å². The monoisotopic (exact) mass is 285 g/mol. The second kappa shape index (κ2) is 6.00.